The van der Waals surface area contributed by atoms with Gasteiger partial charge in [-0.15, -0.1) is 0 Å². The van der Waals surface area contributed by atoms with E-state index in [1.807, 2.05) is 19.1 Å². The van der Waals surface area contributed by atoms with Crippen LogP contribution in [0.1, 0.15) is 52.1 Å². The van der Waals surface area contributed by atoms with Crippen molar-refractivity contribution in [1.82, 2.24) is 4.90 Å². The van der Waals surface area contributed by atoms with E-state index in [-0.39, 0.29) is 23.3 Å². The molecule has 2 aromatic rings. The number of amides is 1. The third kappa shape index (κ3) is 3.56. The van der Waals surface area contributed by atoms with Crippen molar-refractivity contribution in [3.05, 3.63) is 58.0 Å². The molecule has 1 aromatic heterocycles. The number of rotatable bonds is 5. The first-order valence-corrected chi connectivity index (χ1v) is 7.61. The normalized spacial score (nSPS) is 12.0. The van der Waals surface area contributed by atoms with Gasteiger partial charge < -0.3 is 14.4 Å². The topological polar surface area (TPSA) is 70.8 Å². The van der Waals surface area contributed by atoms with E-state index in [9.17, 15) is 9.59 Å². The lowest BCUT2D eigenvalue weighted by Crippen LogP contribution is -2.29. The molecular formula is C17H18ClNO4. The quantitative estimate of drug-likeness (QED) is 0.895. The van der Waals surface area contributed by atoms with E-state index in [4.69, 9.17) is 21.1 Å². The number of nitrogens with zero attached hydrogens (tertiary/aromatic N) is 1. The molecule has 0 aliphatic rings. The Balaban J connectivity index is 2.25. The molecule has 0 saturated carbocycles. The molecule has 0 bridgehead atoms. The fraction of sp³-hybridized carbons (Fsp3) is 0.294. The number of hydrogen-bond acceptors (Lipinski definition) is 3. The summed E-state index contributed by atoms with van der Waals surface area (Å²) in [7, 11) is 1.65. The van der Waals surface area contributed by atoms with Crippen LogP contribution >= 0.6 is 11.6 Å². The maximum absolute atomic E-state index is 12.5. The summed E-state index contributed by atoms with van der Waals surface area (Å²) in [6.45, 7) is 3.66. The first-order valence-electron chi connectivity index (χ1n) is 7.23. The molecule has 0 aliphatic carbocycles. The Labute approximate surface area is 139 Å². The number of benzene rings is 1. The van der Waals surface area contributed by atoms with Gasteiger partial charge in [-0.2, -0.15) is 0 Å². The van der Waals surface area contributed by atoms with Crippen LogP contribution in [0.4, 0.5) is 0 Å². The van der Waals surface area contributed by atoms with Crippen molar-refractivity contribution in [3.8, 4) is 0 Å². The fourth-order valence-corrected chi connectivity index (χ4v) is 2.42. The Morgan fingerprint density at radius 1 is 1.30 bits per heavy atom. The Kier molecular flexibility index (Phi) is 5.11. The van der Waals surface area contributed by atoms with E-state index in [0.29, 0.717) is 17.2 Å². The van der Waals surface area contributed by atoms with Gasteiger partial charge in [0.2, 0.25) is 0 Å². The number of aryl methyl sites for hydroxylation is 1. The molecule has 23 heavy (non-hydrogen) atoms. The molecule has 0 aliphatic heterocycles. The first-order chi connectivity index (χ1) is 10.8. The van der Waals surface area contributed by atoms with E-state index < -0.39 is 5.97 Å². The van der Waals surface area contributed by atoms with Crippen molar-refractivity contribution in [3.63, 3.8) is 0 Å². The maximum atomic E-state index is 12.5. The second-order valence-corrected chi connectivity index (χ2v) is 5.69. The number of carboxylic acid groups (broad SMARTS) is 1. The SMILES string of the molecule is CCc1oc(C(=O)N(C)C(C)c2ccc(Cl)cc2)cc1C(=O)O. The highest BCUT2D eigenvalue weighted by molar-refractivity contribution is 6.30. The van der Waals surface area contributed by atoms with Crippen LogP contribution in [0.5, 0.6) is 0 Å². The number of carbonyl (C=O) groups excluding carboxylic acids is 1. The lowest BCUT2D eigenvalue weighted by molar-refractivity contribution is 0.0689. The average Bonchev–Trinajstić information content (AvgIpc) is 2.98. The van der Waals surface area contributed by atoms with E-state index in [1.165, 1.54) is 11.0 Å². The summed E-state index contributed by atoms with van der Waals surface area (Å²) in [6.07, 6.45) is 0.408. The van der Waals surface area contributed by atoms with E-state index in [2.05, 4.69) is 0 Å². The summed E-state index contributed by atoms with van der Waals surface area (Å²) in [5.74, 6) is -1.14. The molecule has 1 amide bonds. The van der Waals surface area contributed by atoms with Crippen molar-refractivity contribution >= 4 is 23.5 Å². The summed E-state index contributed by atoms with van der Waals surface area (Å²) in [4.78, 5) is 25.2. The van der Waals surface area contributed by atoms with Gasteiger partial charge in [-0.3, -0.25) is 4.79 Å². The predicted octanol–water partition coefficient (Wildman–Crippen LogP) is 4.03. The van der Waals surface area contributed by atoms with Gasteiger partial charge in [0.25, 0.3) is 5.91 Å². The zero-order valence-corrected chi connectivity index (χ0v) is 13.9. The molecule has 1 atom stereocenters. The largest absolute Gasteiger partial charge is 0.478 e. The molecular weight excluding hydrogens is 318 g/mol. The van der Waals surface area contributed by atoms with Crippen LogP contribution in [0, 0.1) is 0 Å². The van der Waals surface area contributed by atoms with Gasteiger partial charge in [-0.05, 0) is 24.6 Å². The molecule has 1 N–H and O–H groups in total. The van der Waals surface area contributed by atoms with Gasteiger partial charge in [0.1, 0.15) is 11.3 Å². The van der Waals surface area contributed by atoms with Crippen molar-refractivity contribution in [1.29, 1.82) is 0 Å². The predicted molar refractivity (Wildman–Crippen MR) is 87.0 cm³/mol. The Morgan fingerprint density at radius 2 is 1.91 bits per heavy atom. The highest BCUT2D eigenvalue weighted by Crippen LogP contribution is 2.24. The summed E-state index contributed by atoms with van der Waals surface area (Å²) in [5.41, 5.74) is 0.953. The van der Waals surface area contributed by atoms with Crippen LogP contribution < -0.4 is 0 Å². The molecule has 1 heterocycles. The van der Waals surface area contributed by atoms with Crippen LogP contribution in [-0.4, -0.2) is 28.9 Å². The molecule has 122 valence electrons. The van der Waals surface area contributed by atoms with Gasteiger partial charge >= 0.3 is 5.97 Å². The number of hydrogen-bond donors (Lipinski definition) is 1. The number of carboxylic acids is 1. The van der Waals surface area contributed by atoms with Crippen LogP contribution in [-0.2, 0) is 6.42 Å². The maximum Gasteiger partial charge on any atom is 0.339 e. The number of halogens is 1. The van der Waals surface area contributed by atoms with E-state index >= 15 is 0 Å². The monoisotopic (exact) mass is 335 g/mol. The zero-order valence-electron chi connectivity index (χ0n) is 13.2. The third-order valence-corrected chi connectivity index (χ3v) is 4.08. The van der Waals surface area contributed by atoms with Crippen LogP contribution in [0.2, 0.25) is 5.02 Å². The first kappa shape index (κ1) is 17.1. The molecule has 6 heteroatoms. The fourth-order valence-electron chi connectivity index (χ4n) is 2.29. The van der Waals surface area contributed by atoms with Crippen LogP contribution in [0.15, 0.2) is 34.7 Å². The second kappa shape index (κ2) is 6.87. The summed E-state index contributed by atoms with van der Waals surface area (Å²) in [6, 6.07) is 8.29. The summed E-state index contributed by atoms with van der Waals surface area (Å²) < 4.78 is 5.42. The third-order valence-electron chi connectivity index (χ3n) is 3.83. The Morgan fingerprint density at radius 3 is 2.39 bits per heavy atom. The van der Waals surface area contributed by atoms with Crippen molar-refractivity contribution in [2.24, 2.45) is 0 Å². The average molecular weight is 336 g/mol. The lowest BCUT2D eigenvalue weighted by Gasteiger charge is -2.24. The van der Waals surface area contributed by atoms with Gasteiger partial charge in [0.05, 0.1) is 6.04 Å². The number of furan rings is 1. The molecule has 0 fully saturated rings. The number of carbonyl (C=O) groups is 2. The standard InChI is InChI=1S/C17H18ClNO4/c1-4-14-13(17(21)22)9-15(23-14)16(20)19(3)10(2)11-5-7-12(18)8-6-11/h5-10H,4H2,1-3H3,(H,21,22). The smallest absolute Gasteiger partial charge is 0.339 e. The van der Waals surface area contributed by atoms with Crippen molar-refractivity contribution < 1.29 is 19.1 Å². The molecule has 2 rings (SSSR count). The number of aromatic carboxylic acids is 1. The molecule has 5 nitrogen and oxygen atoms in total. The van der Waals surface area contributed by atoms with Crippen molar-refractivity contribution in [2.45, 2.75) is 26.3 Å². The van der Waals surface area contributed by atoms with Crippen LogP contribution in [0.3, 0.4) is 0 Å². The molecule has 1 unspecified atom stereocenters. The lowest BCUT2D eigenvalue weighted by atomic mass is 10.1. The summed E-state index contributed by atoms with van der Waals surface area (Å²) in [5, 5.41) is 9.77. The highest BCUT2D eigenvalue weighted by atomic mass is 35.5. The molecule has 0 radical (unpaired) electrons. The second-order valence-electron chi connectivity index (χ2n) is 5.25. The van der Waals surface area contributed by atoms with Gasteiger partial charge in [0.15, 0.2) is 5.76 Å². The highest BCUT2D eigenvalue weighted by Gasteiger charge is 2.25. The summed E-state index contributed by atoms with van der Waals surface area (Å²) >= 11 is 5.87. The zero-order chi connectivity index (χ0) is 17.1. The van der Waals surface area contributed by atoms with E-state index in [0.717, 1.165) is 5.56 Å². The van der Waals surface area contributed by atoms with Crippen LogP contribution in [0.25, 0.3) is 0 Å². The minimum Gasteiger partial charge on any atom is -0.478 e. The minimum atomic E-state index is -1.10. The van der Waals surface area contributed by atoms with Crippen molar-refractivity contribution in [2.75, 3.05) is 7.05 Å². The van der Waals surface area contributed by atoms with Gasteiger partial charge in [-0.25, -0.2) is 4.79 Å². The molecule has 0 saturated heterocycles. The molecule has 0 spiro atoms. The Hall–Kier alpha value is -2.27. The molecule has 1 aromatic carbocycles. The Bertz CT molecular complexity index is 721. The minimum absolute atomic E-state index is 0.0302. The van der Waals surface area contributed by atoms with E-state index in [1.54, 1.807) is 26.1 Å². The van der Waals surface area contributed by atoms with Gasteiger partial charge in [-0.1, -0.05) is 30.7 Å². The van der Waals surface area contributed by atoms with Gasteiger partial charge in [0, 0.05) is 24.6 Å².